The number of H-pyrrole nitrogens is 1. The van der Waals surface area contributed by atoms with Gasteiger partial charge in [-0.1, -0.05) is 41.9 Å². The molecule has 4 aromatic rings. The molecule has 0 fully saturated rings. The van der Waals surface area contributed by atoms with Crippen molar-refractivity contribution in [3.63, 3.8) is 0 Å². The molecule has 2 aromatic carbocycles. The molecule has 7 heteroatoms. The third-order valence-corrected chi connectivity index (χ3v) is 5.67. The SMILES string of the molecule is O=c1c(Cc2ccco2)nc2c(-c3ccnc(Cl)c3)[nH]c3c4ccccc4ccc3n1-2. The summed E-state index contributed by atoms with van der Waals surface area (Å²) < 4.78 is 7.11. The number of furan rings is 1. The van der Waals surface area contributed by atoms with Crippen LogP contribution in [0.2, 0.25) is 5.15 Å². The molecule has 0 spiro atoms. The molecule has 0 radical (unpaired) electrons. The molecule has 150 valence electrons. The zero-order valence-electron chi connectivity index (χ0n) is 16.2. The zero-order chi connectivity index (χ0) is 20.9. The molecule has 0 saturated heterocycles. The summed E-state index contributed by atoms with van der Waals surface area (Å²) in [5.41, 5.74) is 3.38. The maximum atomic E-state index is 13.5. The predicted octanol–water partition coefficient (Wildman–Crippen LogP) is 5.20. The van der Waals surface area contributed by atoms with Crippen LogP contribution in [-0.2, 0) is 6.42 Å². The van der Waals surface area contributed by atoms with E-state index < -0.39 is 0 Å². The Kier molecular flexibility index (Phi) is 3.94. The monoisotopic (exact) mass is 426 g/mol. The van der Waals surface area contributed by atoms with Crippen LogP contribution in [0.5, 0.6) is 0 Å². The lowest BCUT2D eigenvalue weighted by atomic mass is 10.1. The Bertz CT molecular complexity index is 1600. The fourth-order valence-electron chi connectivity index (χ4n) is 4.05. The molecule has 0 bridgehead atoms. The number of aromatic nitrogens is 4. The average molecular weight is 427 g/mol. The molecule has 31 heavy (non-hydrogen) atoms. The largest absolute Gasteiger partial charge is 0.469 e. The van der Waals surface area contributed by atoms with Crippen LogP contribution >= 0.6 is 11.6 Å². The van der Waals surface area contributed by atoms with Crippen LogP contribution in [0, 0.1) is 0 Å². The number of pyridine rings is 1. The van der Waals surface area contributed by atoms with Crippen molar-refractivity contribution >= 4 is 33.4 Å². The quantitative estimate of drug-likeness (QED) is 0.311. The number of aromatic amines is 1. The maximum Gasteiger partial charge on any atom is 0.279 e. The van der Waals surface area contributed by atoms with Gasteiger partial charge < -0.3 is 9.40 Å². The van der Waals surface area contributed by atoms with Crippen LogP contribution in [-0.4, -0.2) is 19.5 Å². The molecule has 0 saturated carbocycles. The fraction of sp³-hybridized carbons (Fsp3) is 0.0417. The molecule has 2 aliphatic rings. The third-order valence-electron chi connectivity index (χ3n) is 5.46. The van der Waals surface area contributed by atoms with Gasteiger partial charge in [0.2, 0.25) is 0 Å². The van der Waals surface area contributed by atoms with Gasteiger partial charge in [-0.15, -0.1) is 0 Å². The van der Waals surface area contributed by atoms with Gasteiger partial charge in [0, 0.05) is 17.1 Å². The fourth-order valence-corrected chi connectivity index (χ4v) is 4.23. The van der Waals surface area contributed by atoms with Gasteiger partial charge in [-0.3, -0.25) is 9.36 Å². The summed E-state index contributed by atoms with van der Waals surface area (Å²) in [6.07, 6.45) is 3.55. The summed E-state index contributed by atoms with van der Waals surface area (Å²) in [5, 5.41) is 2.46. The molecule has 1 N–H and O–H groups in total. The summed E-state index contributed by atoms with van der Waals surface area (Å²) >= 11 is 6.16. The Hall–Kier alpha value is -3.90. The maximum absolute atomic E-state index is 13.5. The molecule has 0 atom stereocenters. The van der Waals surface area contributed by atoms with E-state index in [4.69, 9.17) is 21.0 Å². The zero-order valence-corrected chi connectivity index (χ0v) is 16.9. The lowest BCUT2D eigenvalue weighted by Crippen LogP contribution is -2.17. The Balaban J connectivity index is 1.74. The van der Waals surface area contributed by atoms with E-state index in [9.17, 15) is 4.79 Å². The molecule has 2 aliphatic heterocycles. The van der Waals surface area contributed by atoms with Crippen molar-refractivity contribution in [3.05, 3.63) is 100 Å². The highest BCUT2D eigenvalue weighted by Crippen LogP contribution is 2.32. The minimum atomic E-state index is -0.165. The van der Waals surface area contributed by atoms with Crippen LogP contribution in [0.15, 0.2) is 82.3 Å². The number of nitrogens with zero attached hydrogens (tertiary/aromatic N) is 3. The lowest BCUT2D eigenvalue weighted by Gasteiger charge is -2.15. The van der Waals surface area contributed by atoms with Crippen LogP contribution in [0.25, 0.3) is 38.9 Å². The van der Waals surface area contributed by atoms with Gasteiger partial charge in [0.25, 0.3) is 5.56 Å². The Morgan fingerprint density at radius 3 is 2.81 bits per heavy atom. The lowest BCUT2D eigenvalue weighted by molar-refractivity contribution is 0.519. The standard InChI is InChI=1S/C24H15ClN4O2/c25-20-12-15(9-10-26-20)21-23-27-18(13-16-5-3-11-31-16)24(30)29(23)19-8-7-14-4-1-2-6-17(14)22(19)28-21/h1-12,28H,13H2. The van der Waals surface area contributed by atoms with E-state index in [2.05, 4.69) is 9.97 Å². The van der Waals surface area contributed by atoms with E-state index in [1.54, 1.807) is 29.2 Å². The van der Waals surface area contributed by atoms with Gasteiger partial charge in [0.15, 0.2) is 5.82 Å². The van der Waals surface area contributed by atoms with Gasteiger partial charge in [0.1, 0.15) is 16.6 Å². The van der Waals surface area contributed by atoms with Crippen LogP contribution in [0.1, 0.15) is 11.5 Å². The van der Waals surface area contributed by atoms with Crippen molar-refractivity contribution in [3.8, 4) is 17.1 Å². The second kappa shape index (κ2) is 6.82. The highest BCUT2D eigenvalue weighted by Gasteiger charge is 2.23. The molecule has 4 heterocycles. The van der Waals surface area contributed by atoms with Crippen molar-refractivity contribution in [1.82, 2.24) is 19.5 Å². The number of hydrogen-bond donors (Lipinski definition) is 1. The minimum Gasteiger partial charge on any atom is -0.469 e. The highest BCUT2D eigenvalue weighted by atomic mass is 35.5. The molecular formula is C24H15ClN4O2. The predicted molar refractivity (Wildman–Crippen MR) is 120 cm³/mol. The number of halogens is 1. The Morgan fingerprint density at radius 2 is 1.97 bits per heavy atom. The molecule has 0 unspecified atom stereocenters. The van der Waals surface area contributed by atoms with Gasteiger partial charge in [-0.25, -0.2) is 9.97 Å². The van der Waals surface area contributed by atoms with E-state index in [1.807, 2.05) is 48.5 Å². The van der Waals surface area contributed by atoms with E-state index >= 15 is 0 Å². The first kappa shape index (κ1) is 17.9. The molecule has 6 rings (SSSR count). The van der Waals surface area contributed by atoms with Crippen molar-refractivity contribution in [2.75, 3.05) is 0 Å². The smallest absolute Gasteiger partial charge is 0.279 e. The molecule has 2 aromatic heterocycles. The number of rotatable bonds is 3. The van der Waals surface area contributed by atoms with Crippen LogP contribution in [0.3, 0.4) is 0 Å². The van der Waals surface area contributed by atoms with Crippen molar-refractivity contribution in [2.45, 2.75) is 6.42 Å². The minimum absolute atomic E-state index is 0.165. The van der Waals surface area contributed by atoms with E-state index in [0.29, 0.717) is 34.5 Å². The topological polar surface area (TPSA) is 76.7 Å². The normalized spacial score (nSPS) is 11.6. The van der Waals surface area contributed by atoms with Gasteiger partial charge >= 0.3 is 0 Å². The van der Waals surface area contributed by atoms with Crippen molar-refractivity contribution < 1.29 is 4.42 Å². The first-order valence-electron chi connectivity index (χ1n) is 9.78. The van der Waals surface area contributed by atoms with E-state index in [-0.39, 0.29) is 5.56 Å². The molecular weight excluding hydrogens is 412 g/mol. The first-order valence-corrected chi connectivity index (χ1v) is 10.2. The summed E-state index contributed by atoms with van der Waals surface area (Å²) in [6, 6.07) is 19.3. The second-order valence-corrected chi connectivity index (χ2v) is 7.71. The van der Waals surface area contributed by atoms with E-state index in [0.717, 1.165) is 27.4 Å². The van der Waals surface area contributed by atoms with Gasteiger partial charge in [0.05, 0.1) is 29.4 Å². The first-order chi connectivity index (χ1) is 15.2. The summed E-state index contributed by atoms with van der Waals surface area (Å²) in [5.74, 6) is 1.23. The van der Waals surface area contributed by atoms with Gasteiger partial charge in [-0.05, 0) is 35.7 Å². The molecule has 6 nitrogen and oxygen atoms in total. The second-order valence-electron chi connectivity index (χ2n) is 7.33. The average Bonchev–Trinajstić information content (AvgIpc) is 3.41. The van der Waals surface area contributed by atoms with Crippen LogP contribution < -0.4 is 5.56 Å². The van der Waals surface area contributed by atoms with E-state index in [1.165, 1.54) is 0 Å². The number of imidazole rings is 1. The summed E-state index contributed by atoms with van der Waals surface area (Å²) in [6.45, 7) is 0. The van der Waals surface area contributed by atoms with Gasteiger partial charge in [-0.2, -0.15) is 0 Å². The number of nitrogens with one attached hydrogen (secondary N) is 1. The highest BCUT2D eigenvalue weighted by molar-refractivity contribution is 6.29. The molecule has 0 aliphatic carbocycles. The summed E-state index contributed by atoms with van der Waals surface area (Å²) in [4.78, 5) is 25.8. The Labute approximate surface area is 181 Å². The molecule has 0 amide bonds. The van der Waals surface area contributed by atoms with Crippen LogP contribution in [0.4, 0.5) is 0 Å². The number of fused-ring (bicyclic) bond motifs is 5. The van der Waals surface area contributed by atoms with Crippen molar-refractivity contribution in [1.29, 1.82) is 0 Å². The van der Waals surface area contributed by atoms with Crippen molar-refractivity contribution in [2.24, 2.45) is 0 Å². The third kappa shape index (κ3) is 2.84. The number of hydrogen-bond acceptors (Lipinski definition) is 4. The summed E-state index contributed by atoms with van der Waals surface area (Å²) in [7, 11) is 0. The Morgan fingerprint density at radius 1 is 1.06 bits per heavy atom. The number of benzene rings is 2.